The van der Waals surface area contributed by atoms with E-state index < -0.39 is 0 Å². The lowest BCUT2D eigenvalue weighted by atomic mass is 10.1. The van der Waals surface area contributed by atoms with E-state index in [0.717, 1.165) is 21.8 Å². The Hall–Kier alpha value is -2.82. The largest absolute Gasteiger partial charge is 0.490 e. The molecule has 0 spiro atoms. The van der Waals surface area contributed by atoms with Crippen molar-refractivity contribution in [3.63, 3.8) is 0 Å². The molecule has 3 aromatic heterocycles. The third kappa shape index (κ3) is 1.12. The van der Waals surface area contributed by atoms with Gasteiger partial charge in [0.05, 0.1) is 18.1 Å². The Kier molecular flexibility index (Phi) is 1.99. The summed E-state index contributed by atoms with van der Waals surface area (Å²) < 4.78 is 6.79. The van der Waals surface area contributed by atoms with Gasteiger partial charge in [0, 0.05) is 17.0 Å². The average molecular weight is 265 g/mol. The lowest BCUT2D eigenvalue weighted by Gasteiger charge is -2.08. The van der Waals surface area contributed by atoms with Crippen molar-refractivity contribution in [1.29, 1.82) is 0 Å². The molecular weight excluding hydrogens is 254 g/mol. The predicted octanol–water partition coefficient (Wildman–Crippen LogP) is 2.03. The molecule has 0 aliphatic heterocycles. The summed E-state index contributed by atoms with van der Waals surface area (Å²) in [6.45, 7) is 0. The number of fused-ring (bicyclic) bond motifs is 3. The lowest BCUT2D eigenvalue weighted by Crippen LogP contribution is -2.17. The summed E-state index contributed by atoms with van der Waals surface area (Å²) in [5, 5.41) is 1.97. The fraction of sp³-hybridized carbons (Fsp3) is 0.0667. The van der Waals surface area contributed by atoms with Gasteiger partial charge in [-0.1, -0.05) is 18.2 Å². The Labute approximate surface area is 113 Å². The molecule has 0 radical (unpaired) electrons. The Morgan fingerprint density at radius 1 is 1.20 bits per heavy atom. The molecule has 0 aliphatic rings. The zero-order valence-corrected chi connectivity index (χ0v) is 10.8. The van der Waals surface area contributed by atoms with Gasteiger partial charge >= 0.3 is 0 Å². The molecule has 4 aromatic rings. The van der Waals surface area contributed by atoms with Crippen LogP contribution in [0.2, 0.25) is 0 Å². The average Bonchev–Trinajstić information content (AvgIpc) is 2.81. The highest BCUT2D eigenvalue weighted by Crippen LogP contribution is 2.34. The topological polar surface area (TPSA) is 69.6 Å². The molecule has 1 aromatic carbocycles. The van der Waals surface area contributed by atoms with E-state index in [-0.39, 0.29) is 11.3 Å². The Morgan fingerprint density at radius 2 is 2.00 bits per heavy atom. The lowest BCUT2D eigenvalue weighted by molar-refractivity contribution is 0.410. The number of anilines is 1. The monoisotopic (exact) mass is 265 g/mol. The maximum absolute atomic E-state index is 12.6. The van der Waals surface area contributed by atoms with Crippen molar-refractivity contribution in [3.8, 4) is 5.75 Å². The van der Waals surface area contributed by atoms with Crippen LogP contribution in [-0.4, -0.2) is 16.5 Å². The quantitative estimate of drug-likeness (QED) is 0.571. The van der Waals surface area contributed by atoms with Crippen molar-refractivity contribution in [2.24, 2.45) is 0 Å². The summed E-state index contributed by atoms with van der Waals surface area (Å²) in [7, 11) is 1.44. The zero-order valence-electron chi connectivity index (χ0n) is 10.8. The molecule has 98 valence electrons. The van der Waals surface area contributed by atoms with E-state index in [4.69, 9.17) is 10.5 Å². The predicted molar refractivity (Wildman–Crippen MR) is 78.6 cm³/mol. The Morgan fingerprint density at radius 3 is 2.80 bits per heavy atom. The number of aromatic nitrogens is 2. The van der Waals surface area contributed by atoms with Crippen molar-refractivity contribution >= 4 is 33.0 Å². The first-order valence-electron chi connectivity index (χ1n) is 6.21. The molecule has 5 nitrogen and oxygen atoms in total. The van der Waals surface area contributed by atoms with Crippen LogP contribution in [0.5, 0.6) is 5.75 Å². The number of benzene rings is 1. The molecule has 5 heteroatoms. The number of hydrogen-bond donors (Lipinski definition) is 1. The second-order valence-corrected chi connectivity index (χ2v) is 4.66. The van der Waals surface area contributed by atoms with Crippen LogP contribution in [0.4, 0.5) is 5.69 Å². The summed E-state index contributed by atoms with van der Waals surface area (Å²) in [5.74, 6) is 0.138. The Balaban J connectivity index is 2.49. The second kappa shape index (κ2) is 3.60. The van der Waals surface area contributed by atoms with Gasteiger partial charge in [-0.05, 0) is 12.1 Å². The smallest absolute Gasteiger partial charge is 0.300 e. The van der Waals surface area contributed by atoms with Crippen LogP contribution < -0.4 is 16.0 Å². The number of nitrogens with zero attached hydrogens (tertiary/aromatic N) is 2. The molecular formula is C15H11N3O2. The molecule has 2 N–H and O–H groups in total. The molecule has 0 fully saturated rings. The zero-order chi connectivity index (χ0) is 13.9. The van der Waals surface area contributed by atoms with Gasteiger partial charge in [0.1, 0.15) is 11.2 Å². The fourth-order valence-corrected chi connectivity index (χ4v) is 2.84. The highest BCUT2D eigenvalue weighted by Gasteiger charge is 2.20. The van der Waals surface area contributed by atoms with E-state index >= 15 is 0 Å². The molecule has 0 saturated heterocycles. The standard InChI is InChI=1S/C15H11N3O2/c1-20-14-11(16)12-13-9(6-7-17-12)8-4-2-3-5-10(8)18(13)15(14)19/h2-7H,16H2,1H3. The van der Waals surface area contributed by atoms with Crippen LogP contribution in [0.25, 0.3) is 27.3 Å². The van der Waals surface area contributed by atoms with Gasteiger partial charge in [0.2, 0.25) is 5.75 Å². The summed E-state index contributed by atoms with van der Waals surface area (Å²) in [6, 6.07) is 9.64. The van der Waals surface area contributed by atoms with E-state index in [9.17, 15) is 4.79 Å². The van der Waals surface area contributed by atoms with Crippen molar-refractivity contribution in [2.45, 2.75) is 0 Å². The van der Waals surface area contributed by atoms with Crippen LogP contribution in [0, 0.1) is 0 Å². The van der Waals surface area contributed by atoms with E-state index in [1.165, 1.54) is 7.11 Å². The Bertz CT molecular complexity index is 1020. The number of hydrogen-bond acceptors (Lipinski definition) is 4. The van der Waals surface area contributed by atoms with Crippen LogP contribution in [-0.2, 0) is 0 Å². The number of para-hydroxylation sites is 1. The number of ether oxygens (including phenoxy) is 1. The minimum absolute atomic E-state index is 0.138. The maximum Gasteiger partial charge on any atom is 0.300 e. The van der Waals surface area contributed by atoms with Crippen molar-refractivity contribution in [3.05, 3.63) is 46.9 Å². The van der Waals surface area contributed by atoms with Crippen molar-refractivity contribution in [1.82, 2.24) is 9.38 Å². The SMILES string of the molecule is COc1c(N)c2nccc3c4ccccc4n(c1=O)c23. The summed E-state index contributed by atoms with van der Waals surface area (Å²) >= 11 is 0. The van der Waals surface area contributed by atoms with E-state index in [1.54, 1.807) is 10.6 Å². The van der Waals surface area contributed by atoms with Gasteiger partial charge in [0.15, 0.2) is 0 Å². The van der Waals surface area contributed by atoms with Crippen LogP contribution in [0.15, 0.2) is 41.3 Å². The van der Waals surface area contributed by atoms with E-state index in [1.807, 2.05) is 30.3 Å². The normalized spacial score (nSPS) is 11.7. The maximum atomic E-state index is 12.6. The minimum Gasteiger partial charge on any atom is -0.490 e. The summed E-state index contributed by atoms with van der Waals surface area (Å²) in [6.07, 6.45) is 1.70. The molecule has 0 atom stereocenters. The summed E-state index contributed by atoms with van der Waals surface area (Å²) in [4.78, 5) is 16.9. The first kappa shape index (κ1) is 11.0. The molecule has 0 unspecified atom stereocenters. The molecule has 0 aliphatic carbocycles. The highest BCUT2D eigenvalue weighted by atomic mass is 16.5. The molecule has 0 saturated carbocycles. The molecule has 20 heavy (non-hydrogen) atoms. The molecule has 4 rings (SSSR count). The third-order valence-corrected chi connectivity index (χ3v) is 3.68. The van der Waals surface area contributed by atoms with Gasteiger partial charge in [-0.3, -0.25) is 14.2 Å². The second-order valence-electron chi connectivity index (χ2n) is 4.66. The number of pyridine rings is 2. The van der Waals surface area contributed by atoms with Gasteiger partial charge in [-0.2, -0.15) is 0 Å². The van der Waals surface area contributed by atoms with Crippen LogP contribution in [0.1, 0.15) is 0 Å². The van der Waals surface area contributed by atoms with Gasteiger partial charge in [-0.25, -0.2) is 0 Å². The van der Waals surface area contributed by atoms with Gasteiger partial charge in [0.25, 0.3) is 5.56 Å². The highest BCUT2D eigenvalue weighted by molar-refractivity contribution is 6.15. The number of rotatable bonds is 1. The molecule has 0 amide bonds. The fourth-order valence-electron chi connectivity index (χ4n) is 2.84. The molecule has 0 bridgehead atoms. The van der Waals surface area contributed by atoms with E-state index in [0.29, 0.717) is 11.2 Å². The first-order chi connectivity index (χ1) is 9.74. The van der Waals surface area contributed by atoms with Crippen LogP contribution >= 0.6 is 0 Å². The summed E-state index contributed by atoms with van der Waals surface area (Å²) in [5.41, 5.74) is 8.24. The minimum atomic E-state index is -0.253. The van der Waals surface area contributed by atoms with Crippen molar-refractivity contribution < 1.29 is 4.74 Å². The van der Waals surface area contributed by atoms with Crippen LogP contribution in [0.3, 0.4) is 0 Å². The number of methoxy groups -OCH3 is 1. The van der Waals surface area contributed by atoms with Gasteiger partial charge in [-0.15, -0.1) is 0 Å². The third-order valence-electron chi connectivity index (χ3n) is 3.68. The first-order valence-corrected chi connectivity index (χ1v) is 6.21. The van der Waals surface area contributed by atoms with E-state index in [2.05, 4.69) is 4.98 Å². The number of nitrogens with two attached hydrogens (primary N) is 1. The molecule has 3 heterocycles. The van der Waals surface area contributed by atoms with Crippen molar-refractivity contribution in [2.75, 3.05) is 12.8 Å². The number of nitrogen functional groups attached to an aromatic ring is 1. The van der Waals surface area contributed by atoms with Gasteiger partial charge < -0.3 is 10.5 Å².